The molecule has 0 spiro atoms. The van der Waals surface area contributed by atoms with Crippen LogP contribution in [0.25, 0.3) is 23.1 Å². The number of furan rings is 1. The molecular formula is C34H26N2O4S. The molecule has 0 fully saturated rings. The predicted octanol–water partition coefficient (Wildman–Crippen LogP) is 5.76. The van der Waals surface area contributed by atoms with E-state index in [9.17, 15) is 9.59 Å². The topological polar surface area (TPSA) is 73.8 Å². The van der Waals surface area contributed by atoms with Gasteiger partial charge in [-0.2, -0.15) is 0 Å². The predicted molar refractivity (Wildman–Crippen MR) is 159 cm³/mol. The average molecular weight is 559 g/mol. The highest BCUT2D eigenvalue weighted by atomic mass is 32.1. The molecule has 3 heterocycles. The van der Waals surface area contributed by atoms with Crippen molar-refractivity contribution in [1.29, 1.82) is 0 Å². The van der Waals surface area contributed by atoms with E-state index in [1.165, 1.54) is 22.5 Å². The first-order chi connectivity index (χ1) is 20.1. The summed E-state index contributed by atoms with van der Waals surface area (Å²) in [6.07, 6.45) is 3.55. The van der Waals surface area contributed by atoms with Crippen LogP contribution in [0.4, 0.5) is 0 Å². The number of hydrogen-bond donors (Lipinski definition) is 0. The summed E-state index contributed by atoms with van der Waals surface area (Å²) in [4.78, 5) is 31.9. The summed E-state index contributed by atoms with van der Waals surface area (Å²) < 4.78 is 13.6. The van der Waals surface area contributed by atoms with E-state index in [0.717, 1.165) is 35.2 Å². The minimum Gasteiger partial charge on any atom is -0.462 e. The molecule has 1 aliphatic heterocycles. The Morgan fingerprint density at radius 2 is 1.85 bits per heavy atom. The molecule has 0 radical (unpaired) electrons. The molecule has 2 aliphatic rings. The molecule has 0 amide bonds. The van der Waals surface area contributed by atoms with Gasteiger partial charge in [-0.1, -0.05) is 78.1 Å². The molecule has 5 aromatic rings. The Morgan fingerprint density at radius 1 is 1.02 bits per heavy atom. The number of nitrogens with zero attached hydrogens (tertiary/aromatic N) is 2. The number of aromatic nitrogens is 1. The van der Waals surface area contributed by atoms with E-state index in [2.05, 4.69) is 30.3 Å². The van der Waals surface area contributed by atoms with Crippen LogP contribution in [0.3, 0.4) is 0 Å². The van der Waals surface area contributed by atoms with Gasteiger partial charge in [0.1, 0.15) is 11.5 Å². The van der Waals surface area contributed by atoms with E-state index in [-0.39, 0.29) is 17.6 Å². The number of carbonyl (C=O) groups excluding carboxylic acids is 1. The molecule has 1 aliphatic carbocycles. The molecule has 7 rings (SSSR count). The fourth-order valence-electron chi connectivity index (χ4n) is 5.69. The monoisotopic (exact) mass is 558 g/mol. The zero-order valence-electron chi connectivity index (χ0n) is 22.4. The standard InChI is InChI=1S/C34H26N2O4S/c1-2-39-33(38)24-13-8-12-23(19-24)28-18-16-25(40-28)20-29-32(37)36-31(22-10-4-3-5-11-22)27-17-15-21-9-6-7-14-26(21)30(27)35-34(36)41-29/h3-14,16,18-20,31H,2,15,17H2,1H3/b29-20-/t31-/m1/s1. The van der Waals surface area contributed by atoms with Gasteiger partial charge in [-0.05, 0) is 60.7 Å². The smallest absolute Gasteiger partial charge is 0.338 e. The molecule has 1 atom stereocenters. The molecule has 3 aromatic carbocycles. The lowest BCUT2D eigenvalue weighted by Crippen LogP contribution is -2.38. The minimum absolute atomic E-state index is 0.0877. The zero-order valence-corrected chi connectivity index (χ0v) is 23.2. The van der Waals surface area contributed by atoms with Crippen LogP contribution >= 0.6 is 11.3 Å². The van der Waals surface area contributed by atoms with Gasteiger partial charge in [0.25, 0.3) is 5.56 Å². The van der Waals surface area contributed by atoms with E-state index in [1.807, 2.05) is 47.0 Å². The minimum atomic E-state index is -0.375. The van der Waals surface area contributed by atoms with Crippen LogP contribution < -0.4 is 14.9 Å². The van der Waals surface area contributed by atoms with Crippen molar-refractivity contribution in [1.82, 2.24) is 4.57 Å². The Morgan fingerprint density at radius 3 is 2.71 bits per heavy atom. The number of ether oxygens (including phenoxy) is 1. The van der Waals surface area contributed by atoms with Gasteiger partial charge in [0.2, 0.25) is 0 Å². The van der Waals surface area contributed by atoms with Crippen LogP contribution in [0.5, 0.6) is 0 Å². The number of hydrogen-bond acceptors (Lipinski definition) is 6. The number of thiazole rings is 1. The molecule has 0 bridgehead atoms. The lowest BCUT2D eigenvalue weighted by Gasteiger charge is -2.30. The second kappa shape index (κ2) is 10.3. The van der Waals surface area contributed by atoms with Crippen molar-refractivity contribution in [3.8, 4) is 11.3 Å². The quantitative estimate of drug-likeness (QED) is 0.257. The fourth-order valence-corrected chi connectivity index (χ4v) is 6.67. The Balaban J connectivity index is 1.33. The van der Waals surface area contributed by atoms with Gasteiger partial charge in [-0.25, -0.2) is 9.79 Å². The molecule has 7 heteroatoms. The zero-order chi connectivity index (χ0) is 27.9. The second-order valence-electron chi connectivity index (χ2n) is 10.0. The van der Waals surface area contributed by atoms with E-state index < -0.39 is 0 Å². The summed E-state index contributed by atoms with van der Waals surface area (Å²) in [5.74, 6) is 0.780. The van der Waals surface area contributed by atoms with Crippen molar-refractivity contribution in [3.05, 3.63) is 144 Å². The maximum atomic E-state index is 13.9. The number of allylic oxidation sites excluding steroid dienone is 1. The first-order valence-electron chi connectivity index (χ1n) is 13.7. The highest BCUT2D eigenvalue weighted by Gasteiger charge is 2.32. The van der Waals surface area contributed by atoms with E-state index in [0.29, 0.717) is 33.0 Å². The lowest BCUT2D eigenvalue weighted by atomic mass is 9.83. The van der Waals surface area contributed by atoms with Crippen LogP contribution in [-0.4, -0.2) is 17.1 Å². The van der Waals surface area contributed by atoms with Crippen LogP contribution in [0, 0.1) is 0 Å². The first kappa shape index (κ1) is 25.2. The van der Waals surface area contributed by atoms with Crippen LogP contribution in [0.15, 0.2) is 111 Å². The Hall–Kier alpha value is -4.75. The average Bonchev–Trinajstić information content (AvgIpc) is 3.61. The van der Waals surface area contributed by atoms with E-state index in [1.54, 1.807) is 31.2 Å². The highest BCUT2D eigenvalue weighted by molar-refractivity contribution is 7.07. The molecule has 41 heavy (non-hydrogen) atoms. The summed E-state index contributed by atoms with van der Waals surface area (Å²) in [6, 6.07) is 29.2. The maximum Gasteiger partial charge on any atom is 0.338 e. The van der Waals surface area contributed by atoms with E-state index >= 15 is 0 Å². The Bertz CT molecular complexity index is 2010. The van der Waals surface area contributed by atoms with Gasteiger partial charge >= 0.3 is 5.97 Å². The van der Waals surface area contributed by atoms with E-state index in [4.69, 9.17) is 14.1 Å². The second-order valence-corrected chi connectivity index (χ2v) is 11.0. The third-order valence-electron chi connectivity index (χ3n) is 7.55. The first-order valence-corrected chi connectivity index (χ1v) is 14.5. The fraction of sp³-hybridized carbons (Fsp3) is 0.147. The van der Waals surface area contributed by atoms with Crippen molar-refractivity contribution in [2.75, 3.05) is 6.61 Å². The van der Waals surface area contributed by atoms with Crippen molar-refractivity contribution in [3.63, 3.8) is 0 Å². The number of aryl methyl sites for hydroxylation is 1. The lowest BCUT2D eigenvalue weighted by molar-refractivity contribution is 0.0526. The molecule has 202 valence electrons. The molecule has 0 saturated carbocycles. The van der Waals surface area contributed by atoms with Crippen molar-refractivity contribution < 1.29 is 13.9 Å². The molecule has 0 saturated heterocycles. The molecule has 0 N–H and O–H groups in total. The Kier molecular flexibility index (Phi) is 6.36. The van der Waals surface area contributed by atoms with Crippen LogP contribution in [-0.2, 0) is 11.2 Å². The summed E-state index contributed by atoms with van der Waals surface area (Å²) >= 11 is 1.38. The molecule has 2 aromatic heterocycles. The van der Waals surface area contributed by atoms with Crippen LogP contribution in [0.2, 0.25) is 0 Å². The van der Waals surface area contributed by atoms with Gasteiger partial charge in [0, 0.05) is 17.2 Å². The Labute approximate surface area is 240 Å². The number of esters is 1. The van der Waals surface area contributed by atoms with Crippen molar-refractivity contribution >= 4 is 29.1 Å². The summed E-state index contributed by atoms with van der Waals surface area (Å²) in [6.45, 7) is 2.09. The third kappa shape index (κ3) is 4.48. The SMILES string of the molecule is CCOC(=O)c1cccc(-c2ccc(/C=c3\sc4n(c3=O)[C@H](c3ccccc3)C3=C(N=4)c4ccccc4CC3)o2)c1. The maximum absolute atomic E-state index is 13.9. The highest BCUT2D eigenvalue weighted by Crippen LogP contribution is 2.41. The van der Waals surface area contributed by atoms with Crippen molar-refractivity contribution in [2.45, 2.75) is 25.8 Å². The summed E-state index contributed by atoms with van der Waals surface area (Å²) in [7, 11) is 0. The number of carbonyl (C=O) groups is 1. The number of fused-ring (bicyclic) bond motifs is 3. The van der Waals surface area contributed by atoms with Crippen molar-refractivity contribution in [2.24, 2.45) is 4.99 Å². The van der Waals surface area contributed by atoms with Gasteiger partial charge in [0.15, 0.2) is 4.80 Å². The molecule has 0 unspecified atom stereocenters. The van der Waals surface area contributed by atoms with Gasteiger partial charge in [-0.3, -0.25) is 9.36 Å². The normalized spacial score (nSPS) is 16.0. The van der Waals surface area contributed by atoms with Gasteiger partial charge in [0.05, 0.1) is 28.4 Å². The van der Waals surface area contributed by atoms with Gasteiger partial charge in [-0.15, -0.1) is 0 Å². The third-order valence-corrected chi connectivity index (χ3v) is 8.53. The molecule has 6 nitrogen and oxygen atoms in total. The number of rotatable bonds is 5. The molecular weight excluding hydrogens is 532 g/mol. The van der Waals surface area contributed by atoms with Gasteiger partial charge < -0.3 is 9.15 Å². The van der Waals surface area contributed by atoms with Crippen LogP contribution in [0.1, 0.15) is 52.2 Å². The number of benzene rings is 3. The largest absolute Gasteiger partial charge is 0.462 e. The summed E-state index contributed by atoms with van der Waals surface area (Å²) in [5.41, 5.74) is 6.79. The summed E-state index contributed by atoms with van der Waals surface area (Å²) in [5, 5.41) is 0.